The number of hydrogen-bond donors (Lipinski definition) is 1. The molecule has 148 valence electrons. The summed E-state index contributed by atoms with van der Waals surface area (Å²) in [7, 11) is 0. The Morgan fingerprint density at radius 3 is 2.45 bits per heavy atom. The van der Waals surface area contributed by atoms with Crippen molar-refractivity contribution in [3.8, 4) is 0 Å². The van der Waals surface area contributed by atoms with E-state index >= 15 is 0 Å². The Bertz CT molecular complexity index is 1160. The predicted octanol–water partition coefficient (Wildman–Crippen LogP) is 4.84. The fraction of sp³-hybridized carbons (Fsp3) is 0.250. The first-order valence-electron chi connectivity index (χ1n) is 9.78. The molecule has 0 bridgehead atoms. The molecule has 5 heteroatoms. The van der Waals surface area contributed by atoms with Crippen LogP contribution < -0.4 is 5.32 Å². The van der Waals surface area contributed by atoms with Crippen molar-refractivity contribution >= 4 is 16.9 Å². The van der Waals surface area contributed by atoms with Gasteiger partial charge in [0, 0.05) is 6.54 Å². The Kier molecular flexibility index (Phi) is 4.97. The highest BCUT2D eigenvalue weighted by atomic mass is 16.3. The van der Waals surface area contributed by atoms with Gasteiger partial charge in [0.15, 0.2) is 5.76 Å². The molecule has 0 atom stereocenters. The SMILES string of the molecule is Cc1cc(C)c(C)c(Cn2c(CNC(=O)c3ccco3)nc3ccccc32)c1C. The zero-order chi connectivity index (χ0) is 20.5. The number of aromatic nitrogens is 2. The smallest absolute Gasteiger partial charge is 0.287 e. The molecule has 0 fully saturated rings. The number of carbonyl (C=O) groups excluding carboxylic acids is 1. The largest absolute Gasteiger partial charge is 0.459 e. The van der Waals surface area contributed by atoms with Crippen LogP contribution in [0, 0.1) is 27.7 Å². The van der Waals surface area contributed by atoms with Crippen LogP contribution >= 0.6 is 0 Å². The molecule has 29 heavy (non-hydrogen) atoms. The standard InChI is InChI=1S/C24H25N3O2/c1-15-12-16(2)18(4)19(17(15)3)14-27-21-9-6-5-8-20(21)26-23(27)13-25-24(28)22-10-7-11-29-22/h5-12H,13-14H2,1-4H3,(H,25,28). The van der Waals surface area contributed by atoms with E-state index in [-0.39, 0.29) is 5.91 Å². The zero-order valence-electron chi connectivity index (χ0n) is 17.2. The Morgan fingerprint density at radius 2 is 1.76 bits per heavy atom. The van der Waals surface area contributed by atoms with Gasteiger partial charge in [-0.3, -0.25) is 4.79 Å². The van der Waals surface area contributed by atoms with E-state index in [2.05, 4.69) is 49.7 Å². The molecule has 0 radical (unpaired) electrons. The van der Waals surface area contributed by atoms with Crippen molar-refractivity contribution in [3.63, 3.8) is 0 Å². The Labute approximate surface area is 170 Å². The lowest BCUT2D eigenvalue weighted by Gasteiger charge is -2.18. The van der Waals surface area contributed by atoms with Crippen LogP contribution in [0.2, 0.25) is 0 Å². The lowest BCUT2D eigenvalue weighted by Crippen LogP contribution is -2.24. The number of aryl methyl sites for hydroxylation is 2. The lowest BCUT2D eigenvalue weighted by atomic mass is 9.94. The van der Waals surface area contributed by atoms with Crippen molar-refractivity contribution in [2.45, 2.75) is 40.8 Å². The first-order chi connectivity index (χ1) is 14.0. The zero-order valence-corrected chi connectivity index (χ0v) is 17.2. The van der Waals surface area contributed by atoms with Gasteiger partial charge in [-0.25, -0.2) is 4.98 Å². The summed E-state index contributed by atoms with van der Waals surface area (Å²) in [6.07, 6.45) is 1.50. The third kappa shape index (κ3) is 3.56. The second kappa shape index (κ2) is 7.59. The monoisotopic (exact) mass is 387 g/mol. The number of nitrogens with one attached hydrogen (secondary N) is 1. The van der Waals surface area contributed by atoms with Gasteiger partial charge < -0.3 is 14.3 Å². The lowest BCUT2D eigenvalue weighted by molar-refractivity contribution is 0.0922. The van der Waals surface area contributed by atoms with Gasteiger partial charge in [-0.2, -0.15) is 0 Å². The molecule has 1 N–H and O–H groups in total. The molecule has 2 aromatic carbocycles. The van der Waals surface area contributed by atoms with E-state index < -0.39 is 0 Å². The molecule has 0 unspecified atom stereocenters. The van der Waals surface area contributed by atoms with Crippen LogP contribution in [0.25, 0.3) is 11.0 Å². The molecule has 2 heterocycles. The molecule has 4 aromatic rings. The summed E-state index contributed by atoms with van der Waals surface area (Å²) in [5.41, 5.74) is 8.49. The van der Waals surface area contributed by atoms with Crippen molar-refractivity contribution in [1.29, 1.82) is 0 Å². The minimum atomic E-state index is -0.243. The average molecular weight is 387 g/mol. The van der Waals surface area contributed by atoms with Crippen molar-refractivity contribution in [1.82, 2.24) is 14.9 Å². The molecule has 5 nitrogen and oxygen atoms in total. The van der Waals surface area contributed by atoms with Gasteiger partial charge in [0.1, 0.15) is 5.82 Å². The number of para-hydroxylation sites is 2. The molecular weight excluding hydrogens is 362 g/mol. The molecule has 0 saturated carbocycles. The van der Waals surface area contributed by atoms with E-state index in [1.54, 1.807) is 12.1 Å². The number of nitrogens with zero attached hydrogens (tertiary/aromatic N) is 2. The normalized spacial score (nSPS) is 11.2. The van der Waals surface area contributed by atoms with Gasteiger partial charge in [0.2, 0.25) is 0 Å². The van der Waals surface area contributed by atoms with Crippen LogP contribution in [-0.4, -0.2) is 15.5 Å². The number of furan rings is 1. The van der Waals surface area contributed by atoms with Gasteiger partial charge in [0.05, 0.1) is 23.8 Å². The average Bonchev–Trinajstić information content (AvgIpc) is 3.36. The van der Waals surface area contributed by atoms with Crippen molar-refractivity contribution < 1.29 is 9.21 Å². The molecule has 0 spiro atoms. The van der Waals surface area contributed by atoms with Gasteiger partial charge in [-0.15, -0.1) is 0 Å². The van der Waals surface area contributed by atoms with Crippen LogP contribution in [0.4, 0.5) is 0 Å². The maximum Gasteiger partial charge on any atom is 0.287 e. The molecule has 2 aromatic heterocycles. The number of rotatable bonds is 5. The molecule has 0 saturated heterocycles. The second-order valence-corrected chi connectivity index (χ2v) is 7.50. The van der Waals surface area contributed by atoms with Crippen LogP contribution in [0.1, 0.15) is 44.2 Å². The van der Waals surface area contributed by atoms with Crippen molar-refractivity contribution in [2.24, 2.45) is 0 Å². The third-order valence-corrected chi connectivity index (χ3v) is 5.72. The highest BCUT2D eigenvalue weighted by molar-refractivity contribution is 5.91. The van der Waals surface area contributed by atoms with Gasteiger partial charge in [-0.1, -0.05) is 18.2 Å². The van der Waals surface area contributed by atoms with E-state index in [4.69, 9.17) is 9.40 Å². The molecule has 4 rings (SSSR count). The number of benzene rings is 2. The van der Waals surface area contributed by atoms with Crippen LogP contribution in [0.15, 0.2) is 53.1 Å². The summed E-state index contributed by atoms with van der Waals surface area (Å²) in [5, 5.41) is 2.92. The van der Waals surface area contributed by atoms with E-state index in [0.717, 1.165) is 16.9 Å². The first-order valence-corrected chi connectivity index (χ1v) is 9.78. The number of carbonyl (C=O) groups is 1. The Hall–Kier alpha value is -3.34. The molecule has 1 amide bonds. The quantitative estimate of drug-likeness (QED) is 0.533. The Morgan fingerprint density at radius 1 is 1.03 bits per heavy atom. The van der Waals surface area contributed by atoms with Crippen molar-refractivity contribution in [3.05, 3.63) is 88.1 Å². The Balaban J connectivity index is 1.72. The first kappa shape index (κ1) is 19.0. The molecule has 0 aliphatic heterocycles. The van der Waals surface area contributed by atoms with Gasteiger partial charge in [0.25, 0.3) is 5.91 Å². The maximum absolute atomic E-state index is 12.3. The number of amides is 1. The van der Waals surface area contributed by atoms with Crippen molar-refractivity contribution in [2.75, 3.05) is 0 Å². The van der Waals surface area contributed by atoms with E-state index in [0.29, 0.717) is 18.8 Å². The van der Waals surface area contributed by atoms with Crippen LogP contribution in [-0.2, 0) is 13.1 Å². The van der Waals surface area contributed by atoms with Gasteiger partial charge >= 0.3 is 0 Å². The summed E-state index contributed by atoms with van der Waals surface area (Å²) >= 11 is 0. The minimum Gasteiger partial charge on any atom is -0.459 e. The highest BCUT2D eigenvalue weighted by Crippen LogP contribution is 2.25. The summed E-state index contributed by atoms with van der Waals surface area (Å²) in [4.78, 5) is 17.1. The number of fused-ring (bicyclic) bond motifs is 1. The van der Waals surface area contributed by atoms with Gasteiger partial charge in [-0.05, 0) is 79.8 Å². The summed E-state index contributed by atoms with van der Waals surface area (Å²) in [6, 6.07) is 13.7. The summed E-state index contributed by atoms with van der Waals surface area (Å²) in [6.45, 7) is 9.70. The molecule has 0 aliphatic carbocycles. The third-order valence-electron chi connectivity index (χ3n) is 5.72. The summed E-state index contributed by atoms with van der Waals surface area (Å²) < 4.78 is 7.39. The highest BCUT2D eigenvalue weighted by Gasteiger charge is 2.16. The van der Waals surface area contributed by atoms with Crippen LogP contribution in [0.3, 0.4) is 0 Å². The minimum absolute atomic E-state index is 0.243. The number of imidazole rings is 1. The predicted molar refractivity (Wildman–Crippen MR) is 114 cm³/mol. The second-order valence-electron chi connectivity index (χ2n) is 7.50. The molecule has 0 aliphatic rings. The summed E-state index contributed by atoms with van der Waals surface area (Å²) in [5.74, 6) is 0.880. The molecular formula is C24H25N3O2. The van der Waals surface area contributed by atoms with E-state index in [1.807, 2.05) is 18.2 Å². The topological polar surface area (TPSA) is 60.1 Å². The fourth-order valence-electron chi connectivity index (χ4n) is 3.78. The van der Waals surface area contributed by atoms with Crippen LogP contribution in [0.5, 0.6) is 0 Å². The van der Waals surface area contributed by atoms with E-state index in [9.17, 15) is 4.79 Å². The number of hydrogen-bond acceptors (Lipinski definition) is 3. The van der Waals surface area contributed by atoms with E-state index in [1.165, 1.54) is 34.1 Å². The fourth-order valence-corrected chi connectivity index (χ4v) is 3.78. The maximum atomic E-state index is 12.3.